The number of ether oxygens (including phenoxy) is 1. The van der Waals surface area contributed by atoms with Crippen LogP contribution in [0.4, 0.5) is 4.79 Å². The molecule has 0 radical (unpaired) electrons. The molecule has 2 atom stereocenters. The zero-order valence-electron chi connectivity index (χ0n) is 11.2. The molecule has 0 aliphatic heterocycles. The van der Waals surface area contributed by atoms with Crippen LogP contribution in [0.25, 0.3) is 0 Å². The summed E-state index contributed by atoms with van der Waals surface area (Å²) in [7, 11) is 0. The number of rotatable bonds is 4. The molecule has 5 nitrogen and oxygen atoms in total. The molecule has 0 aromatic heterocycles. The van der Waals surface area contributed by atoms with Crippen LogP contribution >= 0.6 is 0 Å². The van der Waals surface area contributed by atoms with Gasteiger partial charge >= 0.3 is 12.1 Å². The number of carboxylic acids is 1. The lowest BCUT2D eigenvalue weighted by Gasteiger charge is -2.28. The maximum Gasteiger partial charge on any atom is 0.407 e. The maximum atomic E-state index is 11.7. The minimum absolute atomic E-state index is 0.192. The van der Waals surface area contributed by atoms with Crippen LogP contribution in [0.5, 0.6) is 0 Å². The van der Waals surface area contributed by atoms with E-state index in [2.05, 4.69) is 5.32 Å². The summed E-state index contributed by atoms with van der Waals surface area (Å²) in [5, 5.41) is 11.8. The third-order valence-electron chi connectivity index (χ3n) is 3.60. The Balaban J connectivity index is 1.82. The van der Waals surface area contributed by atoms with E-state index in [0.29, 0.717) is 12.8 Å². The van der Waals surface area contributed by atoms with Crippen LogP contribution < -0.4 is 5.32 Å². The van der Waals surface area contributed by atoms with Gasteiger partial charge in [-0.3, -0.25) is 4.79 Å². The Morgan fingerprint density at radius 1 is 1.20 bits per heavy atom. The van der Waals surface area contributed by atoms with Crippen molar-refractivity contribution in [2.75, 3.05) is 0 Å². The molecule has 1 amide bonds. The number of alkyl carbamates (subject to hydrolysis) is 1. The van der Waals surface area contributed by atoms with Crippen LogP contribution in [0.15, 0.2) is 30.3 Å². The monoisotopic (exact) mass is 277 g/mol. The standard InChI is InChI=1S/C15H19NO4/c17-14(18)12-8-4-5-9-13(12)16-15(19)20-10-11-6-2-1-3-7-11/h1-3,6-7,12-13H,4-5,8-10H2,(H,16,19)(H,17,18)/t12-,13-/m1/s1. The highest BCUT2D eigenvalue weighted by molar-refractivity contribution is 5.73. The second-order valence-corrected chi connectivity index (χ2v) is 5.04. The number of carbonyl (C=O) groups excluding carboxylic acids is 1. The van der Waals surface area contributed by atoms with Crippen LogP contribution in [0.1, 0.15) is 31.2 Å². The van der Waals surface area contributed by atoms with Crippen molar-refractivity contribution >= 4 is 12.1 Å². The number of benzene rings is 1. The van der Waals surface area contributed by atoms with Crippen molar-refractivity contribution in [3.05, 3.63) is 35.9 Å². The molecule has 2 rings (SSSR count). The number of carboxylic acid groups (broad SMARTS) is 1. The molecule has 1 aliphatic rings. The molecule has 1 aliphatic carbocycles. The van der Waals surface area contributed by atoms with Crippen molar-refractivity contribution in [2.24, 2.45) is 5.92 Å². The second-order valence-electron chi connectivity index (χ2n) is 5.04. The van der Waals surface area contributed by atoms with Crippen molar-refractivity contribution < 1.29 is 19.4 Å². The number of hydrogen-bond acceptors (Lipinski definition) is 3. The average molecular weight is 277 g/mol. The third-order valence-corrected chi connectivity index (χ3v) is 3.60. The summed E-state index contributed by atoms with van der Waals surface area (Å²) in [4.78, 5) is 22.9. The molecule has 0 unspecified atom stereocenters. The molecule has 0 saturated heterocycles. The molecular formula is C15H19NO4. The topological polar surface area (TPSA) is 75.6 Å². The molecule has 20 heavy (non-hydrogen) atoms. The third kappa shape index (κ3) is 3.98. The fourth-order valence-electron chi connectivity index (χ4n) is 2.52. The Kier molecular flexibility index (Phi) is 4.98. The Morgan fingerprint density at radius 2 is 1.90 bits per heavy atom. The molecule has 1 aromatic carbocycles. The Morgan fingerprint density at radius 3 is 2.60 bits per heavy atom. The molecule has 1 aromatic rings. The van der Waals surface area contributed by atoms with Gasteiger partial charge < -0.3 is 15.2 Å². The van der Waals surface area contributed by atoms with Crippen molar-refractivity contribution in [3.63, 3.8) is 0 Å². The molecule has 1 fully saturated rings. The number of carbonyl (C=O) groups is 2. The van der Waals surface area contributed by atoms with Gasteiger partial charge in [-0.2, -0.15) is 0 Å². The van der Waals surface area contributed by atoms with Crippen LogP contribution in [0, 0.1) is 5.92 Å². The number of aliphatic carboxylic acids is 1. The normalized spacial score (nSPS) is 22.0. The Labute approximate surface area is 117 Å². The van der Waals surface area contributed by atoms with Gasteiger partial charge in [0.05, 0.1) is 5.92 Å². The molecule has 5 heteroatoms. The summed E-state index contributed by atoms with van der Waals surface area (Å²) in [6.45, 7) is 0.192. The fraction of sp³-hybridized carbons (Fsp3) is 0.467. The van der Waals surface area contributed by atoms with E-state index in [9.17, 15) is 9.59 Å². The molecule has 108 valence electrons. The minimum atomic E-state index is -0.849. The fourth-order valence-corrected chi connectivity index (χ4v) is 2.52. The average Bonchev–Trinajstić information content (AvgIpc) is 2.46. The number of nitrogens with one attached hydrogen (secondary N) is 1. The van der Waals surface area contributed by atoms with E-state index >= 15 is 0 Å². The van der Waals surface area contributed by atoms with Crippen molar-refractivity contribution in [3.8, 4) is 0 Å². The number of hydrogen-bond donors (Lipinski definition) is 2. The van der Waals surface area contributed by atoms with Gasteiger partial charge in [-0.25, -0.2) is 4.79 Å². The van der Waals surface area contributed by atoms with Gasteiger partial charge in [-0.05, 0) is 18.4 Å². The quantitative estimate of drug-likeness (QED) is 0.886. The molecule has 1 saturated carbocycles. The first-order valence-corrected chi connectivity index (χ1v) is 6.87. The predicted molar refractivity (Wildman–Crippen MR) is 73.1 cm³/mol. The smallest absolute Gasteiger partial charge is 0.407 e. The van der Waals surface area contributed by atoms with Crippen LogP contribution in [0.2, 0.25) is 0 Å². The van der Waals surface area contributed by atoms with E-state index in [0.717, 1.165) is 18.4 Å². The summed E-state index contributed by atoms with van der Waals surface area (Å²) in [6.07, 6.45) is 2.59. The maximum absolute atomic E-state index is 11.7. The van der Waals surface area contributed by atoms with E-state index in [-0.39, 0.29) is 12.6 Å². The van der Waals surface area contributed by atoms with Crippen molar-refractivity contribution in [1.82, 2.24) is 5.32 Å². The van der Waals surface area contributed by atoms with Crippen molar-refractivity contribution in [2.45, 2.75) is 38.3 Å². The van der Waals surface area contributed by atoms with Crippen LogP contribution in [0.3, 0.4) is 0 Å². The first-order chi connectivity index (χ1) is 9.66. The van der Waals surface area contributed by atoms with E-state index in [1.54, 1.807) is 0 Å². The van der Waals surface area contributed by atoms with Crippen LogP contribution in [-0.4, -0.2) is 23.2 Å². The van der Waals surface area contributed by atoms with Gasteiger partial charge in [0.25, 0.3) is 0 Å². The predicted octanol–water partition coefficient (Wildman–Crippen LogP) is 2.56. The summed E-state index contributed by atoms with van der Waals surface area (Å²) < 4.78 is 5.12. The largest absolute Gasteiger partial charge is 0.481 e. The van der Waals surface area contributed by atoms with Gasteiger partial charge in [-0.15, -0.1) is 0 Å². The Bertz CT molecular complexity index is 460. The highest BCUT2D eigenvalue weighted by atomic mass is 16.5. The van der Waals surface area contributed by atoms with E-state index in [1.165, 1.54) is 0 Å². The highest BCUT2D eigenvalue weighted by Gasteiger charge is 2.32. The molecule has 0 bridgehead atoms. The van der Waals surface area contributed by atoms with Gasteiger partial charge in [0, 0.05) is 6.04 Å². The highest BCUT2D eigenvalue weighted by Crippen LogP contribution is 2.24. The summed E-state index contributed by atoms with van der Waals surface area (Å²) in [5.41, 5.74) is 0.904. The lowest BCUT2D eigenvalue weighted by Crippen LogP contribution is -2.45. The zero-order valence-corrected chi connectivity index (χ0v) is 11.2. The summed E-state index contributed by atoms with van der Waals surface area (Å²) >= 11 is 0. The zero-order chi connectivity index (χ0) is 14.4. The van der Waals surface area contributed by atoms with Crippen molar-refractivity contribution in [1.29, 1.82) is 0 Å². The Hall–Kier alpha value is -2.04. The van der Waals surface area contributed by atoms with Gasteiger partial charge in [0.15, 0.2) is 0 Å². The lowest BCUT2D eigenvalue weighted by molar-refractivity contribution is -0.143. The first kappa shape index (κ1) is 14.4. The van der Waals surface area contributed by atoms with E-state index < -0.39 is 18.0 Å². The SMILES string of the molecule is O=C(N[C@@H]1CCCC[C@H]1C(=O)O)OCc1ccccc1. The van der Waals surface area contributed by atoms with E-state index in [4.69, 9.17) is 9.84 Å². The minimum Gasteiger partial charge on any atom is -0.481 e. The van der Waals surface area contributed by atoms with Gasteiger partial charge in [0.1, 0.15) is 6.61 Å². The van der Waals surface area contributed by atoms with Gasteiger partial charge in [-0.1, -0.05) is 43.2 Å². The summed E-state index contributed by atoms with van der Waals surface area (Å²) in [6, 6.07) is 9.05. The molecule has 2 N–H and O–H groups in total. The lowest BCUT2D eigenvalue weighted by atomic mass is 9.85. The van der Waals surface area contributed by atoms with Gasteiger partial charge in [0.2, 0.25) is 0 Å². The summed E-state index contributed by atoms with van der Waals surface area (Å²) in [5.74, 6) is -1.36. The van der Waals surface area contributed by atoms with Crippen LogP contribution in [-0.2, 0) is 16.1 Å². The first-order valence-electron chi connectivity index (χ1n) is 6.87. The molecule has 0 heterocycles. The van der Waals surface area contributed by atoms with E-state index in [1.807, 2.05) is 30.3 Å². The second kappa shape index (κ2) is 6.93. The molecule has 0 spiro atoms. The number of amides is 1. The molecular weight excluding hydrogens is 258 g/mol.